The monoisotopic (exact) mass is 251 g/mol. The molecule has 1 aromatic heterocycles. The number of aryl methyl sites for hydroxylation is 1. The Bertz CT molecular complexity index is 369. The number of nitrogens with zero attached hydrogens (tertiary/aromatic N) is 2. The molecule has 0 spiro atoms. The lowest BCUT2D eigenvalue weighted by molar-refractivity contribution is 0.140. The smallest absolute Gasteiger partial charge is 0.237 e. The van der Waals surface area contributed by atoms with E-state index in [0.29, 0.717) is 30.3 Å². The minimum absolute atomic E-state index is 0.511. The Kier molecular flexibility index (Phi) is 5.41. The summed E-state index contributed by atoms with van der Waals surface area (Å²) in [6.07, 6.45) is 1.73. The van der Waals surface area contributed by atoms with Crippen molar-refractivity contribution in [1.29, 1.82) is 0 Å². The summed E-state index contributed by atoms with van der Waals surface area (Å²) in [6.45, 7) is 12.2. The lowest BCUT2D eigenvalue weighted by Crippen LogP contribution is -2.39. The van der Waals surface area contributed by atoms with Gasteiger partial charge in [-0.1, -0.05) is 0 Å². The highest BCUT2D eigenvalue weighted by Crippen LogP contribution is 2.21. The number of ether oxygens (including phenoxy) is 1. The number of pyridine rings is 1. The second-order valence-electron chi connectivity index (χ2n) is 5.12. The fraction of sp³-hybridized carbons (Fsp3) is 0.643. The summed E-state index contributed by atoms with van der Waals surface area (Å²) < 4.78 is 5.67. The molecule has 0 fully saturated rings. The lowest BCUT2D eigenvalue weighted by Gasteiger charge is -2.30. The predicted octanol–water partition coefficient (Wildman–Crippen LogP) is 2.47. The van der Waals surface area contributed by atoms with E-state index >= 15 is 0 Å². The SMILES string of the molecule is Cc1ccnc(OCCN(C(C)C)C(C)C)c1N. The van der Waals surface area contributed by atoms with Gasteiger partial charge in [-0.05, 0) is 46.2 Å². The van der Waals surface area contributed by atoms with Gasteiger partial charge in [-0.2, -0.15) is 0 Å². The van der Waals surface area contributed by atoms with E-state index in [4.69, 9.17) is 10.5 Å². The molecule has 0 aliphatic heterocycles. The van der Waals surface area contributed by atoms with E-state index in [-0.39, 0.29) is 0 Å². The van der Waals surface area contributed by atoms with Gasteiger partial charge in [-0.25, -0.2) is 4.98 Å². The Morgan fingerprint density at radius 2 is 1.89 bits per heavy atom. The molecule has 1 aromatic rings. The first-order chi connectivity index (χ1) is 8.43. The molecule has 0 saturated carbocycles. The molecule has 0 atom stereocenters. The van der Waals surface area contributed by atoms with Gasteiger partial charge in [0.1, 0.15) is 6.61 Å². The molecule has 0 aliphatic rings. The zero-order valence-corrected chi connectivity index (χ0v) is 12.1. The third kappa shape index (κ3) is 3.88. The normalized spacial score (nSPS) is 11.6. The van der Waals surface area contributed by atoms with Crippen LogP contribution in [-0.2, 0) is 0 Å². The number of aromatic nitrogens is 1. The van der Waals surface area contributed by atoms with Gasteiger partial charge in [0.25, 0.3) is 0 Å². The number of hydrogen-bond donors (Lipinski definition) is 1. The molecule has 1 rings (SSSR count). The van der Waals surface area contributed by atoms with Gasteiger partial charge < -0.3 is 10.5 Å². The zero-order chi connectivity index (χ0) is 13.7. The minimum Gasteiger partial charge on any atom is -0.475 e. The van der Waals surface area contributed by atoms with Gasteiger partial charge in [0.15, 0.2) is 0 Å². The van der Waals surface area contributed by atoms with Crippen molar-refractivity contribution in [2.45, 2.75) is 46.7 Å². The Balaban J connectivity index is 2.53. The van der Waals surface area contributed by atoms with Gasteiger partial charge >= 0.3 is 0 Å². The van der Waals surface area contributed by atoms with E-state index in [1.807, 2.05) is 13.0 Å². The lowest BCUT2D eigenvalue weighted by atomic mass is 10.2. The van der Waals surface area contributed by atoms with Gasteiger partial charge in [0.2, 0.25) is 5.88 Å². The molecule has 2 N–H and O–H groups in total. The van der Waals surface area contributed by atoms with E-state index in [1.54, 1.807) is 6.20 Å². The van der Waals surface area contributed by atoms with Crippen molar-refractivity contribution >= 4 is 5.69 Å². The molecule has 102 valence electrons. The van der Waals surface area contributed by atoms with Crippen LogP contribution in [0.5, 0.6) is 5.88 Å². The van der Waals surface area contributed by atoms with E-state index in [0.717, 1.165) is 12.1 Å². The summed E-state index contributed by atoms with van der Waals surface area (Å²) in [5.74, 6) is 0.544. The average Bonchev–Trinajstić information content (AvgIpc) is 2.28. The van der Waals surface area contributed by atoms with Crippen LogP contribution in [-0.4, -0.2) is 35.1 Å². The maximum atomic E-state index is 5.92. The zero-order valence-electron chi connectivity index (χ0n) is 12.1. The summed E-state index contributed by atoms with van der Waals surface area (Å²) in [7, 11) is 0. The van der Waals surface area contributed by atoms with Crippen LogP contribution >= 0.6 is 0 Å². The van der Waals surface area contributed by atoms with E-state index in [9.17, 15) is 0 Å². The third-order valence-corrected chi connectivity index (χ3v) is 3.09. The number of anilines is 1. The van der Waals surface area contributed by atoms with Gasteiger partial charge in [0.05, 0.1) is 5.69 Å². The second-order valence-corrected chi connectivity index (χ2v) is 5.12. The number of rotatable bonds is 6. The van der Waals surface area contributed by atoms with Crippen molar-refractivity contribution in [2.24, 2.45) is 0 Å². The van der Waals surface area contributed by atoms with Crippen LogP contribution in [0.4, 0.5) is 5.69 Å². The van der Waals surface area contributed by atoms with Crippen molar-refractivity contribution in [1.82, 2.24) is 9.88 Å². The first-order valence-electron chi connectivity index (χ1n) is 6.53. The number of nitrogen functional groups attached to an aromatic ring is 1. The Hall–Kier alpha value is -1.29. The third-order valence-electron chi connectivity index (χ3n) is 3.09. The topological polar surface area (TPSA) is 51.4 Å². The highest BCUT2D eigenvalue weighted by atomic mass is 16.5. The Morgan fingerprint density at radius 3 is 2.44 bits per heavy atom. The van der Waals surface area contributed by atoms with Crippen LogP contribution in [0.2, 0.25) is 0 Å². The molecule has 1 heterocycles. The van der Waals surface area contributed by atoms with Crippen LogP contribution in [0.3, 0.4) is 0 Å². The Morgan fingerprint density at radius 1 is 1.28 bits per heavy atom. The van der Waals surface area contributed by atoms with Crippen molar-refractivity contribution in [3.05, 3.63) is 17.8 Å². The molecule has 0 amide bonds. The summed E-state index contributed by atoms with van der Waals surface area (Å²) >= 11 is 0. The largest absolute Gasteiger partial charge is 0.475 e. The van der Waals surface area contributed by atoms with Gasteiger partial charge in [-0.15, -0.1) is 0 Å². The van der Waals surface area contributed by atoms with Gasteiger partial charge in [0, 0.05) is 24.8 Å². The minimum atomic E-state index is 0.511. The maximum absolute atomic E-state index is 5.92. The van der Waals surface area contributed by atoms with Crippen molar-refractivity contribution in [2.75, 3.05) is 18.9 Å². The maximum Gasteiger partial charge on any atom is 0.237 e. The first kappa shape index (κ1) is 14.8. The van der Waals surface area contributed by atoms with Crippen LogP contribution < -0.4 is 10.5 Å². The molecule has 18 heavy (non-hydrogen) atoms. The van der Waals surface area contributed by atoms with Gasteiger partial charge in [-0.3, -0.25) is 4.90 Å². The van der Waals surface area contributed by atoms with Crippen LogP contribution in [0.15, 0.2) is 12.3 Å². The standard InChI is InChI=1S/C14H25N3O/c1-10(2)17(11(3)4)8-9-18-14-13(15)12(5)6-7-16-14/h6-7,10-11H,8-9,15H2,1-5H3. The van der Waals surface area contributed by atoms with Crippen molar-refractivity contribution < 1.29 is 4.74 Å². The molecule has 0 aliphatic carbocycles. The van der Waals surface area contributed by atoms with E-state index in [2.05, 4.69) is 37.6 Å². The molecule has 0 aromatic carbocycles. The molecule has 4 heteroatoms. The summed E-state index contributed by atoms with van der Waals surface area (Å²) in [5, 5.41) is 0. The molecule has 0 unspecified atom stereocenters. The summed E-state index contributed by atoms with van der Waals surface area (Å²) in [6, 6.07) is 2.91. The molecule has 0 bridgehead atoms. The highest BCUT2D eigenvalue weighted by Gasteiger charge is 2.13. The van der Waals surface area contributed by atoms with Crippen LogP contribution in [0.25, 0.3) is 0 Å². The van der Waals surface area contributed by atoms with Crippen LogP contribution in [0, 0.1) is 6.92 Å². The molecular weight excluding hydrogens is 226 g/mol. The molecule has 4 nitrogen and oxygen atoms in total. The first-order valence-corrected chi connectivity index (χ1v) is 6.53. The van der Waals surface area contributed by atoms with E-state index < -0.39 is 0 Å². The number of nitrogens with two attached hydrogens (primary N) is 1. The Labute approximate surface area is 110 Å². The average molecular weight is 251 g/mol. The predicted molar refractivity (Wildman–Crippen MR) is 75.9 cm³/mol. The van der Waals surface area contributed by atoms with E-state index in [1.165, 1.54) is 0 Å². The summed E-state index contributed by atoms with van der Waals surface area (Å²) in [4.78, 5) is 6.54. The van der Waals surface area contributed by atoms with Crippen LogP contribution in [0.1, 0.15) is 33.3 Å². The highest BCUT2D eigenvalue weighted by molar-refractivity contribution is 5.53. The van der Waals surface area contributed by atoms with Crippen molar-refractivity contribution in [3.8, 4) is 5.88 Å². The summed E-state index contributed by atoms with van der Waals surface area (Å²) in [5.41, 5.74) is 7.56. The molecular formula is C14H25N3O. The quantitative estimate of drug-likeness (QED) is 0.844. The second kappa shape index (κ2) is 6.59. The fourth-order valence-corrected chi connectivity index (χ4v) is 2.02. The molecule has 0 saturated heterocycles. The fourth-order valence-electron chi connectivity index (χ4n) is 2.02. The number of hydrogen-bond acceptors (Lipinski definition) is 4. The van der Waals surface area contributed by atoms with Crippen molar-refractivity contribution in [3.63, 3.8) is 0 Å². The molecule has 0 radical (unpaired) electrons.